The maximum absolute atomic E-state index is 12.7. The number of hydrogen-bond acceptors (Lipinski definition) is 4. The van der Waals surface area contributed by atoms with E-state index in [-0.39, 0.29) is 5.78 Å². The van der Waals surface area contributed by atoms with Crippen molar-refractivity contribution in [3.05, 3.63) is 59.7 Å². The summed E-state index contributed by atoms with van der Waals surface area (Å²) >= 11 is 5.10. The van der Waals surface area contributed by atoms with Gasteiger partial charge in [0.15, 0.2) is 10.8 Å². The Morgan fingerprint density at radius 1 is 1.00 bits per heavy atom. The fourth-order valence-electron chi connectivity index (χ4n) is 2.53. The van der Waals surface area contributed by atoms with E-state index in [0.29, 0.717) is 22.7 Å². The molecule has 1 aliphatic rings. The van der Waals surface area contributed by atoms with Crippen LogP contribution in [0.3, 0.4) is 0 Å². The lowest BCUT2D eigenvalue weighted by atomic mass is 9.83. The second-order valence-electron chi connectivity index (χ2n) is 5.07. The summed E-state index contributed by atoms with van der Waals surface area (Å²) in [6.45, 7) is 2.01. The molecule has 0 radical (unpaired) electrons. The number of nitrogens with zero attached hydrogens (tertiary/aromatic N) is 1. The van der Waals surface area contributed by atoms with Crippen LogP contribution in [0.15, 0.2) is 53.7 Å². The summed E-state index contributed by atoms with van der Waals surface area (Å²) in [6.07, 6.45) is 1.54. The molecule has 2 aromatic carbocycles. The van der Waals surface area contributed by atoms with Crippen molar-refractivity contribution in [1.82, 2.24) is 0 Å². The molecule has 2 aromatic rings. The number of carbonyl (C=O) groups excluding carboxylic acids is 1. The third-order valence-corrected chi connectivity index (χ3v) is 3.83. The molecule has 0 aromatic heterocycles. The van der Waals surface area contributed by atoms with Crippen molar-refractivity contribution in [2.45, 2.75) is 19.8 Å². The van der Waals surface area contributed by atoms with E-state index in [1.807, 2.05) is 55.5 Å². The molecule has 1 aliphatic carbocycles. The molecule has 0 saturated carbocycles. The van der Waals surface area contributed by atoms with Crippen LogP contribution in [0.1, 0.15) is 35.7 Å². The van der Waals surface area contributed by atoms with Crippen molar-refractivity contribution in [2.75, 3.05) is 0 Å². The highest BCUT2D eigenvalue weighted by Crippen LogP contribution is 2.33. The van der Waals surface area contributed by atoms with Crippen molar-refractivity contribution in [2.24, 2.45) is 5.16 Å². The summed E-state index contributed by atoms with van der Waals surface area (Å²) in [7, 11) is 0. The number of carbonyl (C=O) groups is 1. The van der Waals surface area contributed by atoms with Crippen LogP contribution in [-0.4, -0.2) is 16.5 Å². The van der Waals surface area contributed by atoms with Gasteiger partial charge < -0.3 is 4.84 Å². The highest BCUT2D eigenvalue weighted by Gasteiger charge is 2.28. The van der Waals surface area contributed by atoms with Crippen LogP contribution in [-0.2, 0) is 4.84 Å². The van der Waals surface area contributed by atoms with Gasteiger partial charge in [-0.05, 0) is 29.8 Å². The zero-order valence-electron chi connectivity index (χ0n) is 12.2. The monoisotopic (exact) mass is 309 g/mol. The molecule has 3 rings (SSSR count). The zero-order valence-corrected chi connectivity index (χ0v) is 13.0. The van der Waals surface area contributed by atoms with Crippen molar-refractivity contribution in [1.29, 1.82) is 0 Å². The van der Waals surface area contributed by atoms with Gasteiger partial charge in [-0.15, -0.1) is 0 Å². The van der Waals surface area contributed by atoms with Gasteiger partial charge in [-0.1, -0.05) is 60.6 Å². The highest BCUT2D eigenvalue weighted by atomic mass is 32.1. The van der Waals surface area contributed by atoms with Crippen LogP contribution in [0.5, 0.6) is 0 Å². The van der Waals surface area contributed by atoms with Crippen LogP contribution in [0, 0.1) is 0 Å². The number of ketones is 1. The lowest BCUT2D eigenvalue weighted by Crippen LogP contribution is -2.23. The first kappa shape index (κ1) is 14.6. The van der Waals surface area contributed by atoms with Crippen molar-refractivity contribution < 1.29 is 9.63 Å². The molecule has 4 heteroatoms. The Kier molecular flexibility index (Phi) is 4.11. The minimum atomic E-state index is -0.131. The number of fused-ring (bicyclic) bond motifs is 3. The van der Waals surface area contributed by atoms with Crippen LogP contribution in [0.25, 0.3) is 11.1 Å². The predicted octanol–water partition coefficient (Wildman–Crippen LogP) is 4.40. The molecule has 0 N–H and O–H groups in total. The average molecular weight is 309 g/mol. The molecule has 0 spiro atoms. The fraction of sp³-hybridized carbons (Fsp3) is 0.167. The Labute approximate surface area is 134 Å². The van der Waals surface area contributed by atoms with Crippen LogP contribution in [0.4, 0.5) is 0 Å². The largest absolute Gasteiger partial charge is 0.349 e. The Hall–Kier alpha value is -2.33. The van der Waals surface area contributed by atoms with Crippen molar-refractivity contribution in [3.63, 3.8) is 0 Å². The molecule has 22 heavy (non-hydrogen) atoms. The first-order valence-electron chi connectivity index (χ1n) is 7.23. The minimum Gasteiger partial charge on any atom is -0.349 e. The van der Waals surface area contributed by atoms with Crippen molar-refractivity contribution >= 4 is 28.8 Å². The maximum atomic E-state index is 12.7. The van der Waals surface area contributed by atoms with Crippen molar-refractivity contribution in [3.8, 4) is 11.1 Å². The van der Waals surface area contributed by atoms with E-state index >= 15 is 0 Å². The first-order valence-corrected chi connectivity index (χ1v) is 7.64. The summed E-state index contributed by atoms with van der Waals surface area (Å²) in [6, 6.07) is 15.3. The van der Waals surface area contributed by atoms with Gasteiger partial charge in [-0.2, -0.15) is 0 Å². The molecule has 0 atom stereocenters. The molecule has 110 valence electrons. The molecule has 0 amide bonds. The molecule has 0 heterocycles. The fourth-order valence-corrected chi connectivity index (χ4v) is 2.77. The van der Waals surface area contributed by atoms with Gasteiger partial charge in [0, 0.05) is 17.5 Å². The van der Waals surface area contributed by atoms with Gasteiger partial charge in [-0.25, -0.2) is 0 Å². The first-order chi connectivity index (χ1) is 10.7. The van der Waals surface area contributed by atoms with E-state index in [1.54, 1.807) is 0 Å². The summed E-state index contributed by atoms with van der Waals surface area (Å²) in [5.74, 6) is -0.131. The SMILES string of the molecule is CCCC(=S)ON=C1C(=O)c2ccccc2-c2ccccc21. The Morgan fingerprint density at radius 3 is 2.18 bits per heavy atom. The maximum Gasteiger partial charge on any atom is 0.216 e. The minimum absolute atomic E-state index is 0.131. The standard InChI is InChI=1S/C18H15NO2S/c1-2-7-16(22)21-19-17-14-10-5-3-8-12(14)13-9-4-6-11-15(13)18(17)20/h3-6,8-11H,2,7H2,1H3. The normalized spacial score (nSPS) is 14.4. The Balaban J connectivity index is 2.08. The van der Waals surface area contributed by atoms with E-state index in [0.717, 1.165) is 23.1 Å². The molecule has 0 fully saturated rings. The predicted molar refractivity (Wildman–Crippen MR) is 91.3 cm³/mol. The van der Waals surface area contributed by atoms with Crippen LogP contribution in [0.2, 0.25) is 0 Å². The molecule has 3 nitrogen and oxygen atoms in total. The molecule has 0 unspecified atom stereocenters. The molecule has 0 saturated heterocycles. The lowest BCUT2D eigenvalue weighted by molar-refractivity contribution is 0.106. The second kappa shape index (κ2) is 6.20. The Bertz CT molecular complexity index is 780. The average Bonchev–Trinajstić information content (AvgIpc) is 2.55. The number of benzene rings is 2. The molecule has 0 aliphatic heterocycles. The topological polar surface area (TPSA) is 38.7 Å². The number of thiocarbonyl (C=S) groups is 1. The smallest absolute Gasteiger partial charge is 0.216 e. The number of hydrogen-bond donors (Lipinski definition) is 0. The van der Waals surface area contributed by atoms with Gasteiger partial charge in [0.25, 0.3) is 0 Å². The third kappa shape index (κ3) is 2.57. The van der Waals surface area contributed by atoms with Gasteiger partial charge in [0.2, 0.25) is 5.78 Å². The number of rotatable bonds is 3. The van der Waals surface area contributed by atoms with E-state index in [9.17, 15) is 4.79 Å². The van der Waals surface area contributed by atoms with Gasteiger partial charge >= 0.3 is 0 Å². The summed E-state index contributed by atoms with van der Waals surface area (Å²) in [5.41, 5.74) is 3.66. The van der Waals surface area contributed by atoms with Gasteiger partial charge in [-0.3, -0.25) is 4.79 Å². The second-order valence-corrected chi connectivity index (χ2v) is 5.53. The Morgan fingerprint density at radius 2 is 1.55 bits per heavy atom. The van der Waals surface area contributed by atoms with Gasteiger partial charge in [0.1, 0.15) is 0 Å². The van der Waals surface area contributed by atoms with E-state index in [1.165, 1.54) is 0 Å². The van der Waals surface area contributed by atoms with E-state index in [4.69, 9.17) is 17.1 Å². The summed E-state index contributed by atoms with van der Waals surface area (Å²) in [5, 5.41) is 4.45. The number of oxime groups is 1. The van der Waals surface area contributed by atoms with E-state index in [2.05, 4.69) is 5.16 Å². The molecular weight excluding hydrogens is 294 g/mol. The quantitative estimate of drug-likeness (QED) is 0.623. The molecular formula is C18H15NO2S. The lowest BCUT2D eigenvalue weighted by Gasteiger charge is -2.19. The number of Topliss-reactive ketones (excluding diaryl/α,β-unsaturated/α-hetero) is 1. The zero-order chi connectivity index (χ0) is 15.5. The van der Waals surface area contributed by atoms with Crippen LogP contribution >= 0.6 is 12.2 Å². The van der Waals surface area contributed by atoms with E-state index < -0.39 is 0 Å². The third-order valence-electron chi connectivity index (χ3n) is 3.55. The molecule has 0 bridgehead atoms. The summed E-state index contributed by atoms with van der Waals surface area (Å²) < 4.78 is 0. The van der Waals surface area contributed by atoms with Gasteiger partial charge in [0.05, 0.1) is 0 Å². The van der Waals surface area contributed by atoms with Crippen LogP contribution < -0.4 is 0 Å². The highest BCUT2D eigenvalue weighted by molar-refractivity contribution is 7.80. The summed E-state index contributed by atoms with van der Waals surface area (Å²) in [4.78, 5) is 18.0.